The normalized spacial score (nSPS) is 16.0. The molecular formula is C25H30N4O2. The zero-order valence-corrected chi connectivity index (χ0v) is 18.1. The van der Waals surface area contributed by atoms with Gasteiger partial charge in [0.1, 0.15) is 0 Å². The zero-order chi connectivity index (χ0) is 21.6. The number of carbonyl (C=O) groups is 1. The molecule has 1 atom stereocenters. The average molecular weight is 419 g/mol. The largest absolute Gasteiger partial charge is 0.345 e. The van der Waals surface area contributed by atoms with E-state index in [1.165, 1.54) is 16.6 Å². The summed E-state index contributed by atoms with van der Waals surface area (Å²) in [6.07, 6.45) is 4.59. The Morgan fingerprint density at radius 1 is 1.13 bits per heavy atom. The topological polar surface area (TPSA) is 66.7 Å². The number of amides is 1. The van der Waals surface area contributed by atoms with E-state index in [0.717, 1.165) is 49.9 Å². The van der Waals surface area contributed by atoms with Crippen molar-refractivity contribution in [3.63, 3.8) is 0 Å². The van der Waals surface area contributed by atoms with Crippen LogP contribution in [0.3, 0.4) is 0 Å². The molecule has 0 bridgehead atoms. The maximum absolute atomic E-state index is 12.9. The van der Waals surface area contributed by atoms with Gasteiger partial charge in [-0.15, -0.1) is 4.91 Å². The van der Waals surface area contributed by atoms with Gasteiger partial charge in [-0.1, -0.05) is 42.5 Å². The summed E-state index contributed by atoms with van der Waals surface area (Å²) in [4.78, 5) is 25.4. The summed E-state index contributed by atoms with van der Waals surface area (Å²) in [7, 11) is 0. The van der Waals surface area contributed by atoms with Crippen molar-refractivity contribution in [1.82, 2.24) is 14.9 Å². The number of nitrogens with one attached hydrogen (secondary N) is 1. The van der Waals surface area contributed by atoms with Crippen molar-refractivity contribution in [3.8, 4) is 0 Å². The Morgan fingerprint density at radius 2 is 1.97 bits per heavy atom. The van der Waals surface area contributed by atoms with Crippen molar-refractivity contribution in [2.75, 3.05) is 6.54 Å². The number of aromatic nitrogens is 1. The fraction of sp³-hybridized carbons (Fsp3) is 0.400. The van der Waals surface area contributed by atoms with Gasteiger partial charge in [0.25, 0.3) is 0 Å². The Hall–Kier alpha value is -3.15. The minimum Gasteiger partial charge on any atom is -0.345 e. The quantitative estimate of drug-likeness (QED) is 0.408. The van der Waals surface area contributed by atoms with Crippen LogP contribution in [0, 0.1) is 4.91 Å². The van der Waals surface area contributed by atoms with Crippen LogP contribution in [-0.2, 0) is 30.7 Å². The highest BCUT2D eigenvalue weighted by atomic mass is 16.3. The molecule has 6 heteroatoms. The lowest BCUT2D eigenvalue weighted by molar-refractivity contribution is -0.131. The predicted molar refractivity (Wildman–Crippen MR) is 123 cm³/mol. The van der Waals surface area contributed by atoms with Crippen molar-refractivity contribution in [2.24, 2.45) is 5.29 Å². The van der Waals surface area contributed by atoms with Gasteiger partial charge in [-0.3, -0.25) is 10.2 Å². The molecule has 1 aliphatic heterocycles. The summed E-state index contributed by atoms with van der Waals surface area (Å²) in [6.45, 7) is 4.35. The molecule has 2 heterocycles. The fourth-order valence-electron chi connectivity index (χ4n) is 4.82. The number of fused-ring (bicyclic) bond motifs is 1. The molecule has 4 rings (SSSR count). The van der Waals surface area contributed by atoms with Crippen molar-refractivity contribution >= 4 is 16.8 Å². The molecule has 1 fully saturated rings. The summed E-state index contributed by atoms with van der Waals surface area (Å²) in [6, 6.07) is 18.9. The fourth-order valence-corrected chi connectivity index (χ4v) is 4.82. The van der Waals surface area contributed by atoms with Gasteiger partial charge < -0.3 is 9.47 Å². The molecule has 31 heavy (non-hydrogen) atoms. The lowest BCUT2D eigenvalue weighted by atomic mass is 10.1. The van der Waals surface area contributed by atoms with Gasteiger partial charge in [0.05, 0.1) is 13.0 Å². The lowest BCUT2D eigenvalue weighted by Gasteiger charge is -2.25. The molecule has 0 saturated carbocycles. The molecule has 6 nitrogen and oxygen atoms in total. The van der Waals surface area contributed by atoms with Crippen molar-refractivity contribution < 1.29 is 4.79 Å². The maximum atomic E-state index is 12.9. The first-order chi connectivity index (χ1) is 15.2. The molecule has 162 valence electrons. The second kappa shape index (κ2) is 9.77. The van der Waals surface area contributed by atoms with Gasteiger partial charge >= 0.3 is 0 Å². The molecule has 0 unspecified atom stereocenters. The summed E-state index contributed by atoms with van der Waals surface area (Å²) in [5, 5.41) is 3.95. The molecule has 3 aromatic rings. The standard InChI is InChI=1S/C25H30N4O2/c1-2-28-23(17-21-11-10-20(15-24(21)28)18-26-27-31)13-12-22-9-6-14-29(22)25(30)16-19-7-4-3-5-8-19/h3-5,7-8,10-11,15,17,22H,2,6,9,12-14,16,18H2,1H3,(H,26,31)/t22-/m0/s1. The molecule has 1 aromatic heterocycles. The monoisotopic (exact) mass is 418 g/mol. The smallest absolute Gasteiger partial charge is 0.227 e. The SMILES string of the molecule is CCn1c(CC[C@@H]2CCCN2C(=O)Cc2ccccc2)cc2ccc(CNN=O)cc21. The molecule has 1 amide bonds. The summed E-state index contributed by atoms with van der Waals surface area (Å²) in [5.41, 5.74) is 7.11. The third-order valence-electron chi connectivity index (χ3n) is 6.35. The van der Waals surface area contributed by atoms with E-state index in [1.807, 2.05) is 36.4 Å². The number of carbonyl (C=O) groups excluding carboxylic acids is 1. The van der Waals surface area contributed by atoms with E-state index in [1.54, 1.807) is 0 Å². The van der Waals surface area contributed by atoms with Crippen LogP contribution < -0.4 is 5.43 Å². The van der Waals surface area contributed by atoms with E-state index in [0.29, 0.717) is 19.0 Å². The van der Waals surface area contributed by atoms with Gasteiger partial charge in [-0.2, -0.15) is 0 Å². The van der Waals surface area contributed by atoms with Gasteiger partial charge in [0.2, 0.25) is 5.91 Å². The first-order valence-electron chi connectivity index (χ1n) is 11.2. The van der Waals surface area contributed by atoms with Gasteiger partial charge in [0.15, 0.2) is 0 Å². The van der Waals surface area contributed by atoms with E-state index >= 15 is 0 Å². The summed E-state index contributed by atoms with van der Waals surface area (Å²) >= 11 is 0. The maximum Gasteiger partial charge on any atom is 0.227 e. The molecule has 1 aliphatic rings. The van der Waals surface area contributed by atoms with Crippen LogP contribution >= 0.6 is 0 Å². The van der Waals surface area contributed by atoms with Crippen molar-refractivity contribution in [2.45, 2.75) is 58.2 Å². The number of likely N-dealkylation sites (tertiary alicyclic amines) is 1. The molecule has 2 aromatic carbocycles. The Balaban J connectivity index is 1.45. The number of nitrogens with zero attached hydrogens (tertiary/aromatic N) is 3. The number of hydrogen-bond acceptors (Lipinski definition) is 3. The number of nitroso groups, excluding NO2 is 1. The third kappa shape index (κ3) is 4.79. The lowest BCUT2D eigenvalue weighted by Crippen LogP contribution is -2.36. The van der Waals surface area contributed by atoms with Crippen LogP contribution in [0.25, 0.3) is 10.9 Å². The minimum atomic E-state index is 0.241. The minimum absolute atomic E-state index is 0.241. The number of aryl methyl sites for hydroxylation is 2. The van der Waals surface area contributed by atoms with Crippen LogP contribution in [0.4, 0.5) is 0 Å². The summed E-state index contributed by atoms with van der Waals surface area (Å²) < 4.78 is 2.35. The Morgan fingerprint density at radius 3 is 2.74 bits per heavy atom. The van der Waals surface area contributed by atoms with Crippen LogP contribution in [-0.4, -0.2) is 28.0 Å². The van der Waals surface area contributed by atoms with E-state index in [9.17, 15) is 9.70 Å². The predicted octanol–water partition coefficient (Wildman–Crippen LogP) is 4.60. The molecule has 1 saturated heterocycles. The number of hydrogen-bond donors (Lipinski definition) is 1. The second-order valence-corrected chi connectivity index (χ2v) is 8.28. The van der Waals surface area contributed by atoms with Crippen LogP contribution in [0.2, 0.25) is 0 Å². The average Bonchev–Trinajstić information content (AvgIpc) is 3.40. The first-order valence-corrected chi connectivity index (χ1v) is 11.2. The van der Waals surface area contributed by atoms with Crippen LogP contribution in [0.1, 0.15) is 43.0 Å². The van der Waals surface area contributed by atoms with Gasteiger partial charge in [-0.25, -0.2) is 0 Å². The molecule has 0 spiro atoms. The molecule has 0 radical (unpaired) electrons. The highest BCUT2D eigenvalue weighted by Crippen LogP contribution is 2.26. The van der Waals surface area contributed by atoms with Crippen molar-refractivity contribution in [1.29, 1.82) is 0 Å². The second-order valence-electron chi connectivity index (χ2n) is 8.28. The van der Waals surface area contributed by atoms with E-state index < -0.39 is 0 Å². The molecule has 1 N–H and O–H groups in total. The highest BCUT2D eigenvalue weighted by molar-refractivity contribution is 5.82. The van der Waals surface area contributed by atoms with Crippen LogP contribution in [0.15, 0.2) is 59.9 Å². The molecule has 0 aliphatic carbocycles. The Bertz CT molecular complexity index is 1040. The molecular weight excluding hydrogens is 388 g/mol. The van der Waals surface area contributed by atoms with E-state index in [2.05, 4.69) is 45.3 Å². The number of benzene rings is 2. The zero-order valence-electron chi connectivity index (χ0n) is 18.1. The van der Waals surface area contributed by atoms with Gasteiger partial charge in [-0.05, 0) is 61.3 Å². The highest BCUT2D eigenvalue weighted by Gasteiger charge is 2.28. The van der Waals surface area contributed by atoms with Crippen LogP contribution in [0.5, 0.6) is 0 Å². The van der Waals surface area contributed by atoms with E-state index in [-0.39, 0.29) is 5.91 Å². The van der Waals surface area contributed by atoms with Crippen molar-refractivity contribution in [3.05, 3.63) is 76.3 Å². The van der Waals surface area contributed by atoms with Gasteiger partial charge in [0, 0.05) is 35.6 Å². The Labute approximate surface area is 183 Å². The summed E-state index contributed by atoms with van der Waals surface area (Å²) in [5.74, 6) is 0.241. The third-order valence-corrected chi connectivity index (χ3v) is 6.35. The van der Waals surface area contributed by atoms with E-state index in [4.69, 9.17) is 0 Å². The Kier molecular flexibility index (Phi) is 6.65. The number of rotatable bonds is 9. The first kappa shape index (κ1) is 21.1.